The minimum atomic E-state index is -0.419. The van der Waals surface area contributed by atoms with Crippen molar-refractivity contribution in [1.82, 2.24) is 9.80 Å². The first-order chi connectivity index (χ1) is 14.6. The first kappa shape index (κ1) is 22.3. The summed E-state index contributed by atoms with van der Waals surface area (Å²) in [7, 11) is 0. The normalized spacial score (nSPS) is 27.0. The largest absolute Gasteiger partial charge is 0.342 e. The molecule has 31 heavy (non-hydrogen) atoms. The third kappa shape index (κ3) is 4.26. The predicted molar refractivity (Wildman–Crippen MR) is 120 cm³/mol. The molecule has 2 atom stereocenters. The average molecular weight is 447 g/mol. The van der Waals surface area contributed by atoms with Crippen molar-refractivity contribution in [1.29, 1.82) is 0 Å². The summed E-state index contributed by atoms with van der Waals surface area (Å²) in [5.74, 6) is -0.489. The van der Waals surface area contributed by atoms with Gasteiger partial charge in [-0.15, -0.1) is 0 Å². The Hall–Kier alpha value is -1.88. The summed E-state index contributed by atoms with van der Waals surface area (Å²) < 4.78 is 14.2. The van der Waals surface area contributed by atoms with Crippen LogP contribution in [-0.4, -0.2) is 47.8 Å². The van der Waals surface area contributed by atoms with Gasteiger partial charge in [-0.2, -0.15) is 0 Å². The smallest absolute Gasteiger partial charge is 0.245 e. The van der Waals surface area contributed by atoms with Gasteiger partial charge in [0, 0.05) is 37.5 Å². The molecule has 2 aliphatic heterocycles. The fourth-order valence-corrected chi connectivity index (χ4v) is 6.08. The van der Waals surface area contributed by atoms with E-state index in [2.05, 4.69) is 20.4 Å². The number of piperidine rings is 1. The third-order valence-corrected chi connectivity index (χ3v) is 8.16. The van der Waals surface area contributed by atoms with Gasteiger partial charge in [0.05, 0.1) is 5.02 Å². The molecule has 6 heteroatoms. The van der Waals surface area contributed by atoms with Crippen LogP contribution in [0, 0.1) is 22.6 Å². The highest BCUT2D eigenvalue weighted by Crippen LogP contribution is 2.49. The molecular formula is C25H32ClFN2O2. The van der Waals surface area contributed by atoms with E-state index in [1.54, 1.807) is 6.07 Å². The molecule has 0 unspecified atom stereocenters. The van der Waals surface area contributed by atoms with Gasteiger partial charge in [0.25, 0.3) is 0 Å². The van der Waals surface area contributed by atoms with E-state index in [9.17, 15) is 14.0 Å². The Labute approximate surface area is 189 Å². The van der Waals surface area contributed by atoms with Gasteiger partial charge in [0.1, 0.15) is 5.82 Å². The van der Waals surface area contributed by atoms with Crippen LogP contribution in [0.2, 0.25) is 5.02 Å². The Morgan fingerprint density at radius 1 is 1.16 bits per heavy atom. The van der Waals surface area contributed by atoms with Crippen LogP contribution in [0.3, 0.4) is 0 Å². The number of hydrogen-bond acceptors (Lipinski definition) is 2. The number of likely N-dealkylation sites (tertiary alicyclic amines) is 2. The van der Waals surface area contributed by atoms with Gasteiger partial charge >= 0.3 is 0 Å². The molecule has 1 spiro atoms. The standard InChI is InChI=1S/C25H32ClFN2O2/c1-4-21(30)29-15-25(16-29)10-12-28(13-11-25)23(31)18-8-9-24(2,3)14-19(18)17-6-5-7-20(27)22(17)26/h4-7,18-19H,1,8-16H2,2-3H3/t18-,19+/m0/s1. The van der Waals surface area contributed by atoms with Crippen LogP contribution in [0.5, 0.6) is 0 Å². The van der Waals surface area contributed by atoms with Crippen LogP contribution in [0.25, 0.3) is 0 Å². The van der Waals surface area contributed by atoms with Crippen molar-refractivity contribution in [2.45, 2.75) is 51.9 Å². The van der Waals surface area contributed by atoms with Crippen molar-refractivity contribution in [2.24, 2.45) is 16.7 Å². The second kappa shape index (κ2) is 8.23. The van der Waals surface area contributed by atoms with Crippen molar-refractivity contribution in [3.05, 3.63) is 47.3 Å². The summed E-state index contributed by atoms with van der Waals surface area (Å²) in [5, 5.41) is 0.155. The number of amides is 2. The van der Waals surface area contributed by atoms with Gasteiger partial charge < -0.3 is 9.80 Å². The maximum Gasteiger partial charge on any atom is 0.245 e. The Bertz CT molecular complexity index is 884. The highest BCUT2D eigenvalue weighted by atomic mass is 35.5. The number of benzene rings is 1. The number of halogens is 2. The lowest BCUT2D eigenvalue weighted by molar-refractivity contribution is -0.149. The molecule has 0 bridgehead atoms. The van der Waals surface area contributed by atoms with E-state index in [4.69, 9.17) is 11.6 Å². The van der Waals surface area contributed by atoms with Gasteiger partial charge in [-0.3, -0.25) is 9.59 Å². The quantitative estimate of drug-likeness (QED) is 0.611. The summed E-state index contributed by atoms with van der Waals surface area (Å²) in [4.78, 5) is 29.2. The van der Waals surface area contributed by atoms with Crippen molar-refractivity contribution in [3.63, 3.8) is 0 Å². The van der Waals surface area contributed by atoms with E-state index in [-0.39, 0.29) is 39.5 Å². The molecule has 4 nitrogen and oxygen atoms in total. The zero-order valence-corrected chi connectivity index (χ0v) is 19.3. The molecule has 0 radical (unpaired) electrons. The maximum absolute atomic E-state index is 14.2. The zero-order valence-electron chi connectivity index (χ0n) is 18.5. The fourth-order valence-electron chi connectivity index (χ4n) is 5.82. The van der Waals surface area contributed by atoms with E-state index in [1.807, 2.05) is 15.9 Å². The maximum atomic E-state index is 14.2. The lowest BCUT2D eigenvalue weighted by atomic mass is 9.64. The summed E-state index contributed by atoms with van der Waals surface area (Å²) in [6, 6.07) is 4.94. The number of carbonyl (C=O) groups is 2. The Morgan fingerprint density at radius 3 is 2.48 bits per heavy atom. The summed E-state index contributed by atoms with van der Waals surface area (Å²) >= 11 is 6.35. The fraction of sp³-hybridized carbons (Fsp3) is 0.600. The van der Waals surface area contributed by atoms with E-state index >= 15 is 0 Å². The Morgan fingerprint density at radius 2 is 1.84 bits per heavy atom. The molecule has 4 rings (SSSR count). The predicted octanol–water partition coefficient (Wildman–Crippen LogP) is 5.03. The minimum absolute atomic E-state index is 0.0104. The average Bonchev–Trinajstić information content (AvgIpc) is 2.72. The molecule has 1 saturated carbocycles. The van der Waals surface area contributed by atoms with E-state index < -0.39 is 5.82 Å². The highest BCUT2D eigenvalue weighted by molar-refractivity contribution is 6.31. The second-order valence-corrected chi connectivity index (χ2v) is 10.9. The zero-order chi connectivity index (χ0) is 22.4. The molecule has 2 amide bonds. The van der Waals surface area contributed by atoms with Gasteiger partial charge in [-0.05, 0) is 61.1 Å². The molecule has 3 fully saturated rings. The molecule has 3 aliphatic rings. The van der Waals surface area contributed by atoms with Crippen molar-refractivity contribution in [2.75, 3.05) is 26.2 Å². The lowest BCUT2D eigenvalue weighted by Gasteiger charge is -2.54. The number of rotatable bonds is 3. The summed E-state index contributed by atoms with van der Waals surface area (Å²) in [5.41, 5.74) is 1.00. The van der Waals surface area contributed by atoms with Gasteiger partial charge in [-0.1, -0.05) is 44.2 Å². The summed E-state index contributed by atoms with van der Waals surface area (Å²) in [6.07, 6.45) is 5.80. The number of hydrogen-bond donors (Lipinski definition) is 0. The SMILES string of the molecule is C=CC(=O)N1CC2(CCN(C(=O)[C@H]3CCC(C)(C)C[C@@H]3c3cccc(F)c3Cl)CC2)C1. The van der Waals surface area contributed by atoms with Crippen LogP contribution in [-0.2, 0) is 9.59 Å². The molecule has 1 aromatic carbocycles. The van der Waals surface area contributed by atoms with Crippen LogP contribution in [0.1, 0.15) is 57.4 Å². The molecular weight excluding hydrogens is 415 g/mol. The third-order valence-electron chi connectivity index (χ3n) is 7.76. The van der Waals surface area contributed by atoms with Crippen molar-refractivity contribution in [3.8, 4) is 0 Å². The minimum Gasteiger partial charge on any atom is -0.342 e. The topological polar surface area (TPSA) is 40.6 Å². The molecule has 0 aromatic heterocycles. The van der Waals surface area contributed by atoms with Crippen LogP contribution >= 0.6 is 11.6 Å². The van der Waals surface area contributed by atoms with Gasteiger partial charge in [0.15, 0.2) is 0 Å². The van der Waals surface area contributed by atoms with E-state index in [0.29, 0.717) is 0 Å². The molecule has 1 aliphatic carbocycles. The number of nitrogens with zero attached hydrogens (tertiary/aromatic N) is 2. The van der Waals surface area contributed by atoms with Gasteiger partial charge in [-0.25, -0.2) is 4.39 Å². The second-order valence-electron chi connectivity index (χ2n) is 10.5. The highest BCUT2D eigenvalue weighted by Gasteiger charge is 2.48. The molecule has 2 heterocycles. The summed E-state index contributed by atoms with van der Waals surface area (Å²) in [6.45, 7) is 11.0. The molecule has 168 valence electrons. The number of carbonyl (C=O) groups excluding carboxylic acids is 2. The first-order valence-electron chi connectivity index (χ1n) is 11.3. The monoisotopic (exact) mass is 446 g/mol. The lowest BCUT2D eigenvalue weighted by Crippen LogP contribution is -2.62. The van der Waals surface area contributed by atoms with Crippen LogP contribution in [0.4, 0.5) is 4.39 Å². The molecule has 2 saturated heterocycles. The van der Waals surface area contributed by atoms with E-state index in [0.717, 1.165) is 63.8 Å². The van der Waals surface area contributed by atoms with Gasteiger partial charge in [0.2, 0.25) is 11.8 Å². The van der Waals surface area contributed by atoms with Crippen LogP contribution < -0.4 is 0 Å². The molecule has 1 aromatic rings. The molecule has 0 N–H and O–H groups in total. The van der Waals surface area contributed by atoms with Crippen LogP contribution in [0.15, 0.2) is 30.9 Å². The van der Waals surface area contributed by atoms with Crippen molar-refractivity contribution < 1.29 is 14.0 Å². The first-order valence-corrected chi connectivity index (χ1v) is 11.7. The Balaban J connectivity index is 1.46. The van der Waals surface area contributed by atoms with Crippen molar-refractivity contribution >= 4 is 23.4 Å². The Kier molecular flexibility index (Phi) is 5.93. The van der Waals surface area contributed by atoms with E-state index in [1.165, 1.54) is 12.1 Å².